The Bertz CT molecular complexity index is 426. The molecule has 0 aromatic carbocycles. The van der Waals surface area contributed by atoms with Crippen LogP contribution in [0.15, 0.2) is 12.4 Å². The zero-order valence-corrected chi connectivity index (χ0v) is 9.73. The van der Waals surface area contributed by atoms with Crippen LogP contribution in [0.5, 0.6) is 0 Å². The van der Waals surface area contributed by atoms with Crippen LogP contribution in [0.2, 0.25) is 0 Å². The molecular formula is C7H12N4O2S2. The third kappa shape index (κ3) is 3.26. The third-order valence-corrected chi connectivity index (χ3v) is 4.10. The summed E-state index contributed by atoms with van der Waals surface area (Å²) in [7, 11) is -3.51. The number of rotatable bonds is 5. The molecule has 1 aromatic heterocycles. The molecule has 1 heterocycles. The van der Waals surface area contributed by atoms with E-state index < -0.39 is 15.3 Å². The van der Waals surface area contributed by atoms with Crippen LogP contribution in [0.1, 0.15) is 12.7 Å². The van der Waals surface area contributed by atoms with Crippen molar-refractivity contribution in [3.05, 3.63) is 18.2 Å². The molecule has 0 spiro atoms. The predicted octanol–water partition coefficient (Wildman–Crippen LogP) is -0.496. The SMILES string of the molecule is CC(C(N)=S)S(=O)(=O)NCc1ncc[nH]1. The molecule has 1 aromatic rings. The summed E-state index contributed by atoms with van der Waals surface area (Å²) in [6.45, 7) is 1.54. The number of nitrogens with two attached hydrogens (primary N) is 1. The Labute approximate surface area is 93.3 Å². The Morgan fingerprint density at radius 2 is 2.47 bits per heavy atom. The van der Waals surface area contributed by atoms with Crippen LogP contribution in [-0.2, 0) is 16.6 Å². The Balaban J connectivity index is 2.62. The summed E-state index contributed by atoms with van der Waals surface area (Å²) in [6.07, 6.45) is 3.15. The third-order valence-electron chi connectivity index (χ3n) is 1.86. The number of hydrogen-bond donors (Lipinski definition) is 3. The number of aromatic amines is 1. The Morgan fingerprint density at radius 1 is 1.80 bits per heavy atom. The van der Waals surface area contributed by atoms with Crippen LogP contribution in [0.3, 0.4) is 0 Å². The maximum Gasteiger partial charge on any atom is 0.221 e. The molecule has 0 amide bonds. The van der Waals surface area contributed by atoms with Crippen LogP contribution in [0, 0.1) is 0 Å². The van der Waals surface area contributed by atoms with E-state index in [1.54, 1.807) is 12.4 Å². The van der Waals surface area contributed by atoms with Gasteiger partial charge in [0.15, 0.2) is 0 Å². The molecule has 8 heteroatoms. The zero-order chi connectivity index (χ0) is 11.5. The van der Waals surface area contributed by atoms with Gasteiger partial charge in [0.05, 0.1) is 11.5 Å². The molecule has 0 fully saturated rings. The van der Waals surface area contributed by atoms with Crippen molar-refractivity contribution in [3.8, 4) is 0 Å². The van der Waals surface area contributed by atoms with Gasteiger partial charge in [-0.2, -0.15) is 0 Å². The number of aromatic nitrogens is 2. The van der Waals surface area contributed by atoms with Gasteiger partial charge in [0.1, 0.15) is 11.1 Å². The number of nitrogens with one attached hydrogen (secondary N) is 2. The van der Waals surface area contributed by atoms with Crippen LogP contribution >= 0.6 is 12.2 Å². The van der Waals surface area contributed by atoms with E-state index in [1.807, 2.05) is 0 Å². The van der Waals surface area contributed by atoms with E-state index in [-0.39, 0.29) is 11.5 Å². The monoisotopic (exact) mass is 248 g/mol. The van der Waals surface area contributed by atoms with Crippen molar-refractivity contribution < 1.29 is 8.42 Å². The van der Waals surface area contributed by atoms with E-state index in [4.69, 9.17) is 5.73 Å². The van der Waals surface area contributed by atoms with Crippen molar-refractivity contribution >= 4 is 27.2 Å². The number of thiocarbonyl (C=S) groups is 1. The minimum Gasteiger partial charge on any atom is -0.392 e. The lowest BCUT2D eigenvalue weighted by atomic mass is 10.5. The lowest BCUT2D eigenvalue weighted by Crippen LogP contribution is -2.39. The van der Waals surface area contributed by atoms with Gasteiger partial charge in [-0.15, -0.1) is 0 Å². The zero-order valence-electron chi connectivity index (χ0n) is 8.10. The first-order chi connectivity index (χ1) is 6.93. The topological polar surface area (TPSA) is 101 Å². The number of imidazole rings is 1. The van der Waals surface area contributed by atoms with Gasteiger partial charge in [0, 0.05) is 12.4 Å². The van der Waals surface area contributed by atoms with E-state index in [0.717, 1.165) is 0 Å². The number of sulfonamides is 1. The molecule has 0 aliphatic heterocycles. The summed E-state index contributed by atoms with van der Waals surface area (Å²) in [4.78, 5) is 6.60. The predicted molar refractivity (Wildman–Crippen MR) is 60.6 cm³/mol. The Hall–Kier alpha value is -0.990. The van der Waals surface area contributed by atoms with Crippen LogP contribution < -0.4 is 10.5 Å². The van der Waals surface area contributed by atoms with Gasteiger partial charge in [-0.3, -0.25) is 0 Å². The normalized spacial score (nSPS) is 13.7. The standard InChI is InChI=1S/C7H12N4O2S2/c1-5(7(8)14)15(12,13)11-4-6-9-2-3-10-6/h2-3,5,11H,4H2,1H3,(H2,8,14)(H,9,10). The molecule has 0 bridgehead atoms. The molecule has 0 aliphatic rings. The maximum absolute atomic E-state index is 11.5. The minimum atomic E-state index is -3.51. The Kier molecular flexibility index (Phi) is 3.77. The van der Waals surface area contributed by atoms with Crippen molar-refractivity contribution in [1.29, 1.82) is 0 Å². The van der Waals surface area contributed by atoms with Gasteiger partial charge in [0.25, 0.3) is 0 Å². The van der Waals surface area contributed by atoms with Gasteiger partial charge in [-0.05, 0) is 6.92 Å². The molecule has 6 nitrogen and oxygen atoms in total. The smallest absolute Gasteiger partial charge is 0.221 e. The molecule has 84 valence electrons. The largest absolute Gasteiger partial charge is 0.392 e. The molecule has 15 heavy (non-hydrogen) atoms. The van der Waals surface area contributed by atoms with E-state index >= 15 is 0 Å². The molecule has 0 radical (unpaired) electrons. The fraction of sp³-hybridized carbons (Fsp3) is 0.429. The first-order valence-electron chi connectivity index (χ1n) is 4.19. The Morgan fingerprint density at radius 3 is 2.93 bits per heavy atom. The first kappa shape index (κ1) is 12.1. The number of hydrogen-bond acceptors (Lipinski definition) is 4. The van der Waals surface area contributed by atoms with Crippen molar-refractivity contribution in [2.75, 3.05) is 0 Å². The van der Waals surface area contributed by atoms with Crippen molar-refractivity contribution in [3.63, 3.8) is 0 Å². The summed E-state index contributed by atoms with van der Waals surface area (Å²) in [6, 6.07) is 0. The van der Waals surface area contributed by atoms with E-state index in [1.165, 1.54) is 6.92 Å². The molecule has 0 aliphatic carbocycles. The summed E-state index contributed by atoms with van der Waals surface area (Å²) in [5.41, 5.74) is 5.26. The van der Waals surface area contributed by atoms with Crippen molar-refractivity contribution in [2.45, 2.75) is 18.7 Å². The highest BCUT2D eigenvalue weighted by Crippen LogP contribution is 1.99. The van der Waals surface area contributed by atoms with Gasteiger partial charge >= 0.3 is 0 Å². The van der Waals surface area contributed by atoms with Gasteiger partial charge in [-0.25, -0.2) is 18.1 Å². The summed E-state index contributed by atoms with van der Waals surface area (Å²) >= 11 is 4.62. The van der Waals surface area contributed by atoms with Crippen LogP contribution in [0.4, 0.5) is 0 Å². The van der Waals surface area contributed by atoms with E-state index in [9.17, 15) is 8.42 Å². The second-order valence-corrected chi connectivity index (χ2v) is 5.50. The molecule has 1 atom stereocenters. The quantitative estimate of drug-likeness (QED) is 0.610. The average molecular weight is 248 g/mol. The fourth-order valence-electron chi connectivity index (χ4n) is 0.842. The van der Waals surface area contributed by atoms with E-state index in [2.05, 4.69) is 26.9 Å². The minimum absolute atomic E-state index is 0.0538. The second kappa shape index (κ2) is 4.69. The van der Waals surface area contributed by atoms with Crippen molar-refractivity contribution in [1.82, 2.24) is 14.7 Å². The number of H-pyrrole nitrogens is 1. The summed E-state index contributed by atoms with van der Waals surface area (Å²) in [5, 5.41) is -0.887. The van der Waals surface area contributed by atoms with Crippen molar-refractivity contribution in [2.24, 2.45) is 5.73 Å². The molecule has 0 saturated carbocycles. The highest BCUT2D eigenvalue weighted by Gasteiger charge is 2.22. The van der Waals surface area contributed by atoms with Gasteiger partial charge in [-0.1, -0.05) is 12.2 Å². The summed E-state index contributed by atoms with van der Waals surface area (Å²) < 4.78 is 25.4. The highest BCUT2D eigenvalue weighted by molar-refractivity contribution is 7.93. The van der Waals surface area contributed by atoms with Crippen LogP contribution in [0.25, 0.3) is 0 Å². The second-order valence-electron chi connectivity index (χ2n) is 2.95. The molecule has 0 saturated heterocycles. The highest BCUT2D eigenvalue weighted by atomic mass is 32.2. The summed E-state index contributed by atoms with van der Waals surface area (Å²) in [5.74, 6) is 0.536. The number of nitrogens with zero attached hydrogens (tertiary/aromatic N) is 1. The lowest BCUT2D eigenvalue weighted by Gasteiger charge is -2.11. The molecule has 4 N–H and O–H groups in total. The fourth-order valence-corrected chi connectivity index (χ4v) is 2.12. The lowest BCUT2D eigenvalue weighted by molar-refractivity contribution is 0.576. The average Bonchev–Trinajstić information content (AvgIpc) is 2.66. The van der Waals surface area contributed by atoms with Gasteiger partial charge < -0.3 is 10.7 Å². The molecule has 1 rings (SSSR count). The molecule has 1 unspecified atom stereocenters. The van der Waals surface area contributed by atoms with Crippen LogP contribution in [-0.4, -0.2) is 28.6 Å². The van der Waals surface area contributed by atoms with Gasteiger partial charge in [0.2, 0.25) is 10.0 Å². The molecular weight excluding hydrogens is 236 g/mol. The maximum atomic E-state index is 11.5. The van der Waals surface area contributed by atoms with E-state index in [0.29, 0.717) is 5.82 Å². The first-order valence-corrected chi connectivity index (χ1v) is 6.15.